The van der Waals surface area contributed by atoms with Crippen LogP contribution in [-0.2, 0) is 10.8 Å². The molecule has 3 aromatic rings. The average Bonchev–Trinajstić information content (AvgIpc) is 3.14. The van der Waals surface area contributed by atoms with E-state index in [1.165, 1.54) is 22.4 Å². The minimum atomic E-state index is 0.0155. The molecular formula is C27H37N3. The van der Waals surface area contributed by atoms with Gasteiger partial charge in [0.15, 0.2) is 5.82 Å². The van der Waals surface area contributed by atoms with E-state index < -0.39 is 0 Å². The van der Waals surface area contributed by atoms with Crippen LogP contribution in [0.5, 0.6) is 0 Å². The second-order valence-corrected chi connectivity index (χ2v) is 9.60. The molecule has 0 saturated heterocycles. The van der Waals surface area contributed by atoms with Crippen molar-refractivity contribution in [2.24, 2.45) is 0 Å². The maximum atomic E-state index is 4.82. The third kappa shape index (κ3) is 3.82. The fourth-order valence-corrected chi connectivity index (χ4v) is 4.58. The van der Waals surface area contributed by atoms with Crippen molar-refractivity contribution in [2.75, 3.05) is 0 Å². The standard InChI is InChI=1S/C27H37N3/c1-9-27(10-2,11-3)25-29-28-24(21-15-13-12-14-16-21)30(25)23-19(4)17-22(18-20(23)5)26(6,7)8/h12-18H,9-11H2,1-8H3. The smallest absolute Gasteiger partial charge is 0.168 e. The van der Waals surface area contributed by atoms with E-state index in [0.29, 0.717) is 0 Å². The molecule has 0 saturated carbocycles. The van der Waals surface area contributed by atoms with Gasteiger partial charge >= 0.3 is 0 Å². The Labute approximate surface area is 182 Å². The maximum absolute atomic E-state index is 4.82. The SMILES string of the molecule is CCC(CC)(CC)c1nnc(-c2ccccc2)n1-c1c(C)cc(C(C)(C)C)cc1C. The molecule has 0 aliphatic rings. The fourth-order valence-electron chi connectivity index (χ4n) is 4.58. The molecule has 3 heteroatoms. The minimum absolute atomic E-state index is 0.0155. The van der Waals surface area contributed by atoms with Crippen molar-refractivity contribution >= 4 is 0 Å². The van der Waals surface area contributed by atoms with Gasteiger partial charge < -0.3 is 0 Å². The molecule has 30 heavy (non-hydrogen) atoms. The van der Waals surface area contributed by atoms with Crippen molar-refractivity contribution in [3.63, 3.8) is 0 Å². The minimum Gasteiger partial charge on any atom is -0.278 e. The highest BCUT2D eigenvalue weighted by molar-refractivity contribution is 5.62. The zero-order chi connectivity index (χ0) is 22.1. The van der Waals surface area contributed by atoms with E-state index in [2.05, 4.69) is 96.4 Å². The highest BCUT2D eigenvalue weighted by Crippen LogP contribution is 2.39. The topological polar surface area (TPSA) is 30.7 Å². The largest absolute Gasteiger partial charge is 0.278 e. The lowest BCUT2D eigenvalue weighted by Gasteiger charge is -2.31. The molecule has 0 amide bonds. The summed E-state index contributed by atoms with van der Waals surface area (Å²) in [6, 6.07) is 15.1. The van der Waals surface area contributed by atoms with Gasteiger partial charge in [0.25, 0.3) is 0 Å². The number of aryl methyl sites for hydroxylation is 2. The molecule has 0 fully saturated rings. The molecule has 1 aromatic heterocycles. The lowest BCUT2D eigenvalue weighted by atomic mass is 9.78. The Bertz CT molecular complexity index is 971. The van der Waals surface area contributed by atoms with E-state index in [1.807, 2.05) is 6.07 Å². The van der Waals surface area contributed by atoms with Gasteiger partial charge in [-0.1, -0.05) is 84.0 Å². The number of hydrogen-bond acceptors (Lipinski definition) is 2. The van der Waals surface area contributed by atoms with Crippen LogP contribution in [0.1, 0.15) is 83.3 Å². The molecule has 0 aliphatic heterocycles. The van der Waals surface area contributed by atoms with Gasteiger partial charge in [-0.15, -0.1) is 10.2 Å². The van der Waals surface area contributed by atoms with Crippen LogP contribution in [0.15, 0.2) is 42.5 Å². The van der Waals surface area contributed by atoms with E-state index in [4.69, 9.17) is 10.2 Å². The first-order valence-electron chi connectivity index (χ1n) is 11.3. The Morgan fingerprint density at radius 3 is 1.80 bits per heavy atom. The fraction of sp³-hybridized carbons (Fsp3) is 0.481. The molecule has 0 unspecified atom stereocenters. The molecule has 0 radical (unpaired) electrons. The zero-order valence-electron chi connectivity index (χ0n) is 20.0. The molecule has 2 aromatic carbocycles. The Balaban J connectivity index is 2.37. The second-order valence-electron chi connectivity index (χ2n) is 9.60. The molecule has 0 bridgehead atoms. The summed E-state index contributed by atoms with van der Waals surface area (Å²) in [6.07, 6.45) is 3.14. The van der Waals surface area contributed by atoms with Gasteiger partial charge in [0.2, 0.25) is 0 Å². The monoisotopic (exact) mass is 403 g/mol. The Hall–Kier alpha value is -2.42. The van der Waals surface area contributed by atoms with Gasteiger partial charge in [0.1, 0.15) is 5.82 Å². The van der Waals surface area contributed by atoms with Crippen LogP contribution in [-0.4, -0.2) is 14.8 Å². The predicted molar refractivity (Wildman–Crippen MR) is 128 cm³/mol. The first-order valence-corrected chi connectivity index (χ1v) is 11.3. The van der Waals surface area contributed by atoms with Gasteiger partial charge in [-0.2, -0.15) is 0 Å². The number of rotatable bonds is 6. The Kier molecular flexibility index (Phi) is 6.21. The van der Waals surface area contributed by atoms with E-state index in [0.717, 1.165) is 36.5 Å². The first kappa shape index (κ1) is 22.3. The van der Waals surface area contributed by atoms with Crippen molar-refractivity contribution < 1.29 is 0 Å². The van der Waals surface area contributed by atoms with Crippen molar-refractivity contribution in [3.8, 4) is 17.1 Å². The molecule has 3 rings (SSSR count). The van der Waals surface area contributed by atoms with Crippen molar-refractivity contribution in [1.82, 2.24) is 14.8 Å². The highest BCUT2D eigenvalue weighted by Gasteiger charge is 2.35. The number of nitrogens with zero attached hydrogens (tertiary/aromatic N) is 3. The van der Waals surface area contributed by atoms with Crippen molar-refractivity contribution in [1.29, 1.82) is 0 Å². The van der Waals surface area contributed by atoms with Crippen LogP contribution < -0.4 is 0 Å². The third-order valence-corrected chi connectivity index (χ3v) is 6.78. The van der Waals surface area contributed by atoms with E-state index in [-0.39, 0.29) is 10.8 Å². The molecule has 0 atom stereocenters. The summed E-state index contributed by atoms with van der Waals surface area (Å²) >= 11 is 0. The van der Waals surface area contributed by atoms with Crippen LogP contribution in [0.3, 0.4) is 0 Å². The highest BCUT2D eigenvalue weighted by atomic mass is 15.3. The summed E-state index contributed by atoms with van der Waals surface area (Å²) in [4.78, 5) is 0. The third-order valence-electron chi connectivity index (χ3n) is 6.78. The van der Waals surface area contributed by atoms with E-state index in [1.54, 1.807) is 0 Å². The molecule has 0 aliphatic carbocycles. The van der Waals surface area contributed by atoms with Gasteiger partial charge in [0, 0.05) is 11.0 Å². The zero-order valence-corrected chi connectivity index (χ0v) is 20.0. The normalized spacial score (nSPS) is 12.4. The molecular weight excluding hydrogens is 366 g/mol. The molecule has 0 spiro atoms. The number of hydrogen-bond donors (Lipinski definition) is 0. The van der Waals surface area contributed by atoms with Crippen molar-refractivity contribution in [2.45, 2.75) is 85.5 Å². The maximum Gasteiger partial charge on any atom is 0.168 e. The summed E-state index contributed by atoms with van der Waals surface area (Å²) < 4.78 is 2.35. The second kappa shape index (κ2) is 8.37. The van der Waals surface area contributed by atoms with Crippen LogP contribution in [0, 0.1) is 13.8 Å². The lowest BCUT2D eigenvalue weighted by Crippen LogP contribution is -2.28. The number of benzene rings is 2. The molecule has 1 heterocycles. The summed E-state index contributed by atoms with van der Waals surface area (Å²) in [6.45, 7) is 18.1. The Morgan fingerprint density at radius 2 is 1.33 bits per heavy atom. The lowest BCUT2D eigenvalue weighted by molar-refractivity contribution is 0.353. The summed E-state index contributed by atoms with van der Waals surface area (Å²) in [5, 5.41) is 9.56. The van der Waals surface area contributed by atoms with Gasteiger partial charge in [-0.05, 0) is 55.2 Å². The summed E-state index contributed by atoms with van der Waals surface area (Å²) in [5.41, 5.74) is 6.37. The van der Waals surface area contributed by atoms with Gasteiger partial charge in [0.05, 0.1) is 5.69 Å². The summed E-state index contributed by atoms with van der Waals surface area (Å²) in [5.74, 6) is 2.02. The predicted octanol–water partition coefficient (Wildman–Crippen LogP) is 7.32. The molecule has 0 N–H and O–H groups in total. The van der Waals surface area contributed by atoms with Crippen LogP contribution in [0.2, 0.25) is 0 Å². The first-order chi connectivity index (χ1) is 14.2. The Morgan fingerprint density at radius 1 is 0.800 bits per heavy atom. The summed E-state index contributed by atoms with van der Waals surface area (Å²) in [7, 11) is 0. The average molecular weight is 404 g/mol. The van der Waals surface area contributed by atoms with E-state index in [9.17, 15) is 0 Å². The van der Waals surface area contributed by atoms with Gasteiger partial charge in [-0.25, -0.2) is 0 Å². The quantitative estimate of drug-likeness (QED) is 0.432. The van der Waals surface area contributed by atoms with Crippen molar-refractivity contribution in [3.05, 3.63) is 65.0 Å². The molecule has 3 nitrogen and oxygen atoms in total. The number of aromatic nitrogens is 3. The molecule has 160 valence electrons. The van der Waals surface area contributed by atoms with Gasteiger partial charge in [-0.3, -0.25) is 4.57 Å². The van der Waals surface area contributed by atoms with E-state index >= 15 is 0 Å². The van der Waals surface area contributed by atoms with Crippen LogP contribution in [0.25, 0.3) is 17.1 Å². The van der Waals surface area contributed by atoms with Crippen LogP contribution in [0.4, 0.5) is 0 Å². The van der Waals surface area contributed by atoms with Crippen LogP contribution >= 0.6 is 0 Å².